The number of nitrogens with one attached hydrogen (secondary N) is 2. The average molecular weight is 248 g/mol. The number of nitrogen functional groups attached to an aromatic ring is 1. The molecule has 2 aromatic heterocycles. The van der Waals surface area contributed by atoms with Crippen molar-refractivity contribution >= 4 is 11.7 Å². The quantitative estimate of drug-likeness (QED) is 0.725. The summed E-state index contributed by atoms with van der Waals surface area (Å²) in [6.07, 6.45) is 1.74. The number of anilines is 1. The van der Waals surface area contributed by atoms with E-state index < -0.39 is 0 Å². The topological polar surface area (TPSA) is 102 Å². The molecule has 0 atom stereocenters. The highest BCUT2D eigenvalue weighted by atomic mass is 16.1. The first kappa shape index (κ1) is 12.2. The van der Waals surface area contributed by atoms with E-state index in [-0.39, 0.29) is 11.7 Å². The molecule has 96 valence electrons. The summed E-state index contributed by atoms with van der Waals surface area (Å²) in [5.74, 6) is -0.0186. The van der Waals surface area contributed by atoms with Crippen molar-refractivity contribution in [3.05, 3.63) is 28.7 Å². The summed E-state index contributed by atoms with van der Waals surface area (Å²) in [5.41, 5.74) is 8.68. The molecule has 0 spiro atoms. The van der Waals surface area contributed by atoms with Crippen molar-refractivity contribution in [3.8, 4) is 0 Å². The van der Waals surface area contributed by atoms with E-state index in [4.69, 9.17) is 5.73 Å². The van der Waals surface area contributed by atoms with Crippen LogP contribution in [0.2, 0.25) is 0 Å². The van der Waals surface area contributed by atoms with Crippen molar-refractivity contribution in [1.82, 2.24) is 25.3 Å². The van der Waals surface area contributed by atoms with Crippen molar-refractivity contribution in [2.45, 2.75) is 20.4 Å². The number of carbonyl (C=O) groups excluding carboxylic acids is 1. The van der Waals surface area contributed by atoms with Crippen molar-refractivity contribution < 1.29 is 4.79 Å². The van der Waals surface area contributed by atoms with E-state index >= 15 is 0 Å². The van der Waals surface area contributed by atoms with Gasteiger partial charge >= 0.3 is 0 Å². The van der Waals surface area contributed by atoms with Gasteiger partial charge in [0.15, 0.2) is 5.82 Å². The lowest BCUT2D eigenvalue weighted by Crippen LogP contribution is -2.24. The van der Waals surface area contributed by atoms with Crippen LogP contribution in [0.3, 0.4) is 0 Å². The molecule has 7 nitrogen and oxygen atoms in total. The Bertz CT molecular complexity index is 563. The third kappa shape index (κ3) is 2.06. The van der Waals surface area contributed by atoms with Crippen LogP contribution in [0.4, 0.5) is 5.82 Å². The molecule has 0 bridgehead atoms. The summed E-state index contributed by atoms with van der Waals surface area (Å²) in [6.45, 7) is 4.13. The molecule has 4 N–H and O–H groups in total. The average Bonchev–Trinajstić information content (AvgIpc) is 2.82. The van der Waals surface area contributed by atoms with Gasteiger partial charge < -0.3 is 11.1 Å². The molecule has 2 heterocycles. The summed E-state index contributed by atoms with van der Waals surface area (Å²) in [7, 11) is 1.86. The highest BCUT2D eigenvalue weighted by Crippen LogP contribution is 2.12. The maximum atomic E-state index is 12.0. The molecular weight excluding hydrogens is 232 g/mol. The largest absolute Gasteiger partial charge is 0.382 e. The smallest absolute Gasteiger partial charge is 0.257 e. The molecule has 0 unspecified atom stereocenters. The highest BCUT2D eigenvalue weighted by Gasteiger charge is 2.16. The summed E-state index contributed by atoms with van der Waals surface area (Å²) in [6, 6.07) is 0. The van der Waals surface area contributed by atoms with E-state index in [1.807, 2.05) is 14.0 Å². The molecule has 2 rings (SSSR count). The lowest BCUT2D eigenvalue weighted by molar-refractivity contribution is 0.0951. The molecule has 2 aromatic rings. The van der Waals surface area contributed by atoms with Crippen molar-refractivity contribution in [2.24, 2.45) is 7.05 Å². The summed E-state index contributed by atoms with van der Waals surface area (Å²) >= 11 is 0. The van der Waals surface area contributed by atoms with Gasteiger partial charge in [-0.3, -0.25) is 14.6 Å². The molecule has 0 fully saturated rings. The van der Waals surface area contributed by atoms with Gasteiger partial charge in [-0.2, -0.15) is 10.2 Å². The van der Waals surface area contributed by atoms with Crippen LogP contribution in [0, 0.1) is 13.8 Å². The van der Waals surface area contributed by atoms with E-state index in [9.17, 15) is 4.79 Å². The van der Waals surface area contributed by atoms with Crippen LogP contribution >= 0.6 is 0 Å². The Labute approximate surface area is 104 Å². The van der Waals surface area contributed by atoms with Crippen molar-refractivity contribution in [2.75, 3.05) is 5.73 Å². The summed E-state index contributed by atoms with van der Waals surface area (Å²) in [4.78, 5) is 12.0. The van der Waals surface area contributed by atoms with E-state index in [1.54, 1.807) is 17.8 Å². The molecule has 0 radical (unpaired) electrons. The number of hydrogen-bond acceptors (Lipinski definition) is 4. The Morgan fingerprint density at radius 1 is 1.56 bits per heavy atom. The van der Waals surface area contributed by atoms with Gasteiger partial charge in [0.2, 0.25) is 0 Å². The number of hydrogen-bond donors (Lipinski definition) is 3. The molecular formula is C11H16N6O. The number of aryl methyl sites for hydroxylation is 2. The Kier molecular flexibility index (Phi) is 3.05. The summed E-state index contributed by atoms with van der Waals surface area (Å²) < 4.78 is 1.76. The monoisotopic (exact) mass is 248 g/mol. The number of rotatable bonds is 3. The number of aromatic nitrogens is 4. The van der Waals surface area contributed by atoms with Crippen LogP contribution < -0.4 is 11.1 Å². The normalized spacial score (nSPS) is 10.6. The fourth-order valence-electron chi connectivity index (χ4n) is 1.72. The van der Waals surface area contributed by atoms with Gasteiger partial charge in [-0.15, -0.1) is 0 Å². The van der Waals surface area contributed by atoms with E-state index in [2.05, 4.69) is 20.6 Å². The Morgan fingerprint density at radius 2 is 2.28 bits per heavy atom. The van der Waals surface area contributed by atoms with Gasteiger partial charge in [-0.05, 0) is 13.8 Å². The molecule has 0 saturated carbocycles. The lowest BCUT2D eigenvalue weighted by Gasteiger charge is -2.04. The van der Waals surface area contributed by atoms with Crippen LogP contribution in [0.1, 0.15) is 27.3 Å². The SMILES string of the molecule is Cc1[nH]nc(N)c1C(=O)NCc1cnn(C)c1C. The fourth-order valence-corrected chi connectivity index (χ4v) is 1.72. The first-order valence-electron chi connectivity index (χ1n) is 5.56. The number of nitrogens with two attached hydrogens (primary N) is 1. The zero-order valence-electron chi connectivity index (χ0n) is 10.6. The zero-order valence-corrected chi connectivity index (χ0v) is 10.6. The predicted molar refractivity (Wildman–Crippen MR) is 66.9 cm³/mol. The fraction of sp³-hybridized carbons (Fsp3) is 0.364. The van der Waals surface area contributed by atoms with Crippen LogP contribution in [-0.4, -0.2) is 25.9 Å². The van der Waals surface area contributed by atoms with Gasteiger partial charge in [0.05, 0.1) is 6.20 Å². The van der Waals surface area contributed by atoms with Crippen molar-refractivity contribution in [1.29, 1.82) is 0 Å². The minimum Gasteiger partial charge on any atom is -0.382 e. The number of amides is 1. The van der Waals surface area contributed by atoms with E-state index in [0.717, 1.165) is 11.3 Å². The minimum atomic E-state index is -0.234. The zero-order chi connectivity index (χ0) is 13.3. The third-order valence-corrected chi connectivity index (χ3v) is 2.98. The molecule has 7 heteroatoms. The van der Waals surface area contributed by atoms with Crippen LogP contribution in [0.15, 0.2) is 6.20 Å². The van der Waals surface area contributed by atoms with Gasteiger partial charge in [-0.25, -0.2) is 0 Å². The van der Waals surface area contributed by atoms with Gasteiger partial charge in [-0.1, -0.05) is 0 Å². The third-order valence-electron chi connectivity index (χ3n) is 2.98. The van der Waals surface area contributed by atoms with Gasteiger partial charge in [0.25, 0.3) is 5.91 Å². The standard InChI is InChI=1S/C11H16N6O/c1-6-9(10(12)16-15-6)11(18)13-4-8-5-14-17(3)7(8)2/h5H,4H2,1-3H3,(H,13,18)(H3,12,15,16). The Morgan fingerprint density at radius 3 is 2.78 bits per heavy atom. The molecule has 1 amide bonds. The van der Waals surface area contributed by atoms with E-state index in [1.165, 1.54) is 0 Å². The molecule has 0 aliphatic rings. The summed E-state index contributed by atoms with van der Waals surface area (Å²) in [5, 5.41) is 13.4. The van der Waals surface area contributed by atoms with Crippen molar-refractivity contribution in [3.63, 3.8) is 0 Å². The second-order valence-corrected chi connectivity index (χ2v) is 4.17. The number of aromatic amines is 1. The predicted octanol–water partition coefficient (Wildman–Crippen LogP) is 0.272. The lowest BCUT2D eigenvalue weighted by atomic mass is 10.2. The molecule has 0 aliphatic heterocycles. The van der Waals surface area contributed by atoms with Gasteiger partial charge in [0.1, 0.15) is 5.56 Å². The Hall–Kier alpha value is -2.31. The molecule has 18 heavy (non-hydrogen) atoms. The second kappa shape index (κ2) is 4.52. The maximum absolute atomic E-state index is 12.0. The molecule has 0 saturated heterocycles. The van der Waals surface area contributed by atoms with Crippen LogP contribution in [-0.2, 0) is 13.6 Å². The first-order valence-corrected chi connectivity index (χ1v) is 5.56. The highest BCUT2D eigenvalue weighted by molar-refractivity contribution is 5.99. The number of carbonyl (C=O) groups is 1. The van der Waals surface area contributed by atoms with Crippen LogP contribution in [0.5, 0.6) is 0 Å². The molecule has 0 aromatic carbocycles. The number of H-pyrrole nitrogens is 1. The minimum absolute atomic E-state index is 0.216. The Balaban J connectivity index is 2.07. The first-order chi connectivity index (χ1) is 8.50. The van der Waals surface area contributed by atoms with Gasteiger partial charge in [0, 0.05) is 30.5 Å². The maximum Gasteiger partial charge on any atom is 0.257 e. The van der Waals surface area contributed by atoms with E-state index in [0.29, 0.717) is 17.8 Å². The molecule has 0 aliphatic carbocycles. The number of nitrogens with zero attached hydrogens (tertiary/aromatic N) is 3. The van der Waals surface area contributed by atoms with Crippen LogP contribution in [0.25, 0.3) is 0 Å². The second-order valence-electron chi connectivity index (χ2n) is 4.17.